The van der Waals surface area contributed by atoms with Gasteiger partial charge in [0.1, 0.15) is 5.82 Å². The molecule has 108 valence electrons. The van der Waals surface area contributed by atoms with E-state index in [9.17, 15) is 14.3 Å². The van der Waals surface area contributed by atoms with Crippen molar-refractivity contribution in [2.75, 3.05) is 0 Å². The molecule has 0 bridgehead atoms. The number of carbonyl (C=O) groups is 1. The fourth-order valence-electron chi connectivity index (χ4n) is 2.64. The Kier molecular flexibility index (Phi) is 3.78. The highest BCUT2D eigenvalue weighted by atomic mass is 79.9. The van der Waals surface area contributed by atoms with Crippen molar-refractivity contribution >= 4 is 21.8 Å². The zero-order valence-electron chi connectivity index (χ0n) is 11.0. The lowest BCUT2D eigenvalue weighted by Gasteiger charge is -2.18. The van der Waals surface area contributed by atoms with Gasteiger partial charge in [0.15, 0.2) is 0 Å². The van der Waals surface area contributed by atoms with Crippen LogP contribution in [0.2, 0.25) is 0 Å². The molecule has 1 aliphatic rings. The number of carbonyl (C=O) groups excluding carboxylic acids is 1. The number of hydrogen-bond donors (Lipinski definition) is 2. The van der Waals surface area contributed by atoms with Gasteiger partial charge in [0.25, 0.3) is 5.91 Å². The number of amides is 1. The van der Waals surface area contributed by atoms with Crippen molar-refractivity contribution in [3.63, 3.8) is 0 Å². The van der Waals surface area contributed by atoms with Gasteiger partial charge in [-0.25, -0.2) is 4.39 Å². The van der Waals surface area contributed by atoms with Crippen LogP contribution in [0.5, 0.6) is 0 Å². The van der Waals surface area contributed by atoms with Crippen LogP contribution in [-0.2, 0) is 6.42 Å². The molecule has 1 amide bonds. The van der Waals surface area contributed by atoms with Gasteiger partial charge in [-0.2, -0.15) is 0 Å². The van der Waals surface area contributed by atoms with E-state index < -0.39 is 23.9 Å². The smallest absolute Gasteiger partial charge is 0.253 e. The third kappa shape index (κ3) is 2.71. The maximum Gasteiger partial charge on any atom is 0.253 e. The predicted octanol–water partition coefficient (Wildman–Crippen LogP) is 2.98. The summed E-state index contributed by atoms with van der Waals surface area (Å²) in [7, 11) is 0. The Labute approximate surface area is 129 Å². The van der Waals surface area contributed by atoms with Gasteiger partial charge in [-0.3, -0.25) is 4.79 Å². The van der Waals surface area contributed by atoms with Crippen molar-refractivity contribution in [2.45, 2.75) is 18.6 Å². The molecule has 0 heterocycles. The Balaban J connectivity index is 1.87. The lowest BCUT2D eigenvalue weighted by Crippen LogP contribution is -2.34. The molecule has 0 aliphatic heterocycles. The minimum Gasteiger partial charge on any atom is -0.390 e. The van der Waals surface area contributed by atoms with Gasteiger partial charge in [0.2, 0.25) is 0 Å². The summed E-state index contributed by atoms with van der Waals surface area (Å²) in [6, 6.07) is 11.1. The highest BCUT2D eigenvalue weighted by Gasteiger charge is 2.32. The van der Waals surface area contributed by atoms with Crippen LogP contribution in [0.3, 0.4) is 0 Å². The van der Waals surface area contributed by atoms with Gasteiger partial charge in [0.05, 0.1) is 17.7 Å². The summed E-state index contributed by atoms with van der Waals surface area (Å²) in [5, 5.41) is 12.9. The average molecular weight is 350 g/mol. The molecule has 1 aliphatic carbocycles. The zero-order valence-corrected chi connectivity index (χ0v) is 12.6. The predicted molar refractivity (Wildman–Crippen MR) is 80.5 cm³/mol. The summed E-state index contributed by atoms with van der Waals surface area (Å²) in [5.41, 5.74) is 2.14. The second-order valence-electron chi connectivity index (χ2n) is 5.05. The summed E-state index contributed by atoms with van der Waals surface area (Å²) in [5.74, 6) is -0.891. The first-order chi connectivity index (χ1) is 10.1. The van der Waals surface area contributed by atoms with Crippen molar-refractivity contribution < 1.29 is 14.3 Å². The van der Waals surface area contributed by atoms with Crippen LogP contribution in [0.25, 0.3) is 0 Å². The lowest BCUT2D eigenvalue weighted by atomic mass is 10.1. The molecular weight excluding hydrogens is 337 g/mol. The van der Waals surface area contributed by atoms with Crippen LogP contribution in [0.15, 0.2) is 46.9 Å². The maximum absolute atomic E-state index is 13.3. The molecule has 0 unspecified atom stereocenters. The molecule has 0 saturated heterocycles. The maximum atomic E-state index is 13.3. The van der Waals surface area contributed by atoms with Gasteiger partial charge in [-0.1, -0.05) is 24.3 Å². The number of halogens is 2. The zero-order chi connectivity index (χ0) is 15.0. The number of rotatable bonds is 2. The Morgan fingerprint density at radius 3 is 2.86 bits per heavy atom. The summed E-state index contributed by atoms with van der Waals surface area (Å²) >= 11 is 3.24. The van der Waals surface area contributed by atoms with Gasteiger partial charge in [-0.05, 0) is 45.3 Å². The molecule has 2 aromatic carbocycles. The molecular formula is C16H13BrFNO2. The van der Waals surface area contributed by atoms with Crippen molar-refractivity contribution in [1.82, 2.24) is 5.32 Å². The Morgan fingerprint density at radius 1 is 1.29 bits per heavy atom. The summed E-state index contributed by atoms with van der Waals surface area (Å²) < 4.78 is 13.8. The molecule has 3 nitrogen and oxygen atoms in total. The van der Waals surface area contributed by atoms with Gasteiger partial charge >= 0.3 is 0 Å². The molecule has 0 saturated carbocycles. The van der Waals surface area contributed by atoms with Crippen LogP contribution < -0.4 is 5.32 Å². The number of aliphatic hydroxyl groups excluding tert-OH is 1. The summed E-state index contributed by atoms with van der Waals surface area (Å²) in [6.45, 7) is 0. The third-order valence-electron chi connectivity index (χ3n) is 3.66. The van der Waals surface area contributed by atoms with Crippen LogP contribution in [0.4, 0.5) is 4.39 Å². The van der Waals surface area contributed by atoms with E-state index in [-0.39, 0.29) is 5.56 Å². The standard InChI is InChI=1S/C16H13BrFNO2/c17-13-6-5-10(18)8-12(13)16(21)19-15-11-4-2-1-3-9(11)7-14(15)20/h1-6,8,14-15,20H,7H2,(H,19,21)/t14-,15+/m1/s1. The second kappa shape index (κ2) is 5.58. The van der Waals surface area contributed by atoms with Crippen molar-refractivity contribution in [3.05, 3.63) is 69.4 Å². The van der Waals surface area contributed by atoms with Crippen molar-refractivity contribution in [3.8, 4) is 0 Å². The van der Waals surface area contributed by atoms with Crippen LogP contribution >= 0.6 is 15.9 Å². The Hall–Kier alpha value is -1.72. The van der Waals surface area contributed by atoms with Gasteiger partial charge < -0.3 is 10.4 Å². The van der Waals surface area contributed by atoms with Crippen LogP contribution in [-0.4, -0.2) is 17.1 Å². The second-order valence-corrected chi connectivity index (χ2v) is 5.90. The average Bonchev–Trinajstić information content (AvgIpc) is 2.78. The highest BCUT2D eigenvalue weighted by molar-refractivity contribution is 9.10. The lowest BCUT2D eigenvalue weighted by molar-refractivity contribution is 0.0857. The molecule has 21 heavy (non-hydrogen) atoms. The molecule has 5 heteroatoms. The van der Waals surface area contributed by atoms with E-state index in [1.54, 1.807) is 0 Å². The van der Waals surface area contributed by atoms with Crippen molar-refractivity contribution in [2.24, 2.45) is 0 Å². The fraction of sp³-hybridized carbons (Fsp3) is 0.188. The number of fused-ring (bicyclic) bond motifs is 1. The molecule has 0 aromatic heterocycles. The first-order valence-corrected chi connectivity index (χ1v) is 7.37. The van der Waals surface area contributed by atoms with E-state index in [1.807, 2.05) is 24.3 Å². The van der Waals surface area contributed by atoms with E-state index in [2.05, 4.69) is 21.2 Å². The van der Waals surface area contributed by atoms with E-state index in [1.165, 1.54) is 18.2 Å². The summed E-state index contributed by atoms with van der Waals surface area (Å²) in [6.07, 6.45) is -0.162. The van der Waals surface area contributed by atoms with Crippen LogP contribution in [0.1, 0.15) is 27.5 Å². The monoisotopic (exact) mass is 349 g/mol. The molecule has 2 N–H and O–H groups in total. The number of aliphatic hydroxyl groups is 1. The Morgan fingerprint density at radius 2 is 2.05 bits per heavy atom. The van der Waals surface area contributed by atoms with Gasteiger partial charge in [-0.15, -0.1) is 0 Å². The van der Waals surface area contributed by atoms with E-state index in [0.29, 0.717) is 10.9 Å². The fourth-order valence-corrected chi connectivity index (χ4v) is 3.07. The first-order valence-electron chi connectivity index (χ1n) is 6.58. The molecule has 2 aromatic rings. The number of benzene rings is 2. The number of nitrogens with one attached hydrogen (secondary N) is 1. The van der Waals surface area contributed by atoms with Crippen LogP contribution in [0, 0.1) is 5.82 Å². The Bertz CT molecular complexity index is 704. The minimum absolute atomic E-state index is 0.214. The van der Waals surface area contributed by atoms with Crippen molar-refractivity contribution in [1.29, 1.82) is 0 Å². The van der Waals surface area contributed by atoms with E-state index in [4.69, 9.17) is 0 Å². The molecule has 0 spiro atoms. The molecule has 0 fully saturated rings. The molecule has 3 rings (SSSR count). The van der Waals surface area contributed by atoms with E-state index >= 15 is 0 Å². The SMILES string of the molecule is O=C(N[C@H]1c2ccccc2C[C@H]1O)c1cc(F)ccc1Br. The molecule has 0 radical (unpaired) electrons. The van der Waals surface area contributed by atoms with Gasteiger partial charge in [0, 0.05) is 10.9 Å². The quantitative estimate of drug-likeness (QED) is 0.875. The summed E-state index contributed by atoms with van der Waals surface area (Å²) in [4.78, 5) is 12.3. The third-order valence-corrected chi connectivity index (χ3v) is 4.36. The highest BCUT2D eigenvalue weighted by Crippen LogP contribution is 2.31. The number of hydrogen-bond acceptors (Lipinski definition) is 2. The largest absolute Gasteiger partial charge is 0.390 e. The minimum atomic E-state index is -0.668. The topological polar surface area (TPSA) is 49.3 Å². The first kappa shape index (κ1) is 14.2. The molecule has 2 atom stereocenters. The van der Waals surface area contributed by atoms with E-state index in [0.717, 1.165) is 11.1 Å². The normalized spacial score (nSPS) is 20.1.